The second-order valence-electron chi connectivity index (χ2n) is 3.85. The van der Waals surface area contributed by atoms with Gasteiger partial charge in [0.15, 0.2) is 0 Å². The van der Waals surface area contributed by atoms with Crippen molar-refractivity contribution in [3.63, 3.8) is 0 Å². The first kappa shape index (κ1) is 11.2. The number of anilines is 1. The third kappa shape index (κ3) is 3.10. The summed E-state index contributed by atoms with van der Waals surface area (Å²) in [6.45, 7) is 1.29. The maximum atomic E-state index is 11.3. The average Bonchev–Trinajstić information content (AvgIpc) is 3.10. The fraction of sp³-hybridized carbons (Fsp3) is 0.455. The van der Waals surface area contributed by atoms with Crippen molar-refractivity contribution in [1.29, 1.82) is 0 Å². The van der Waals surface area contributed by atoms with Gasteiger partial charge in [-0.2, -0.15) is 0 Å². The first-order valence-electron chi connectivity index (χ1n) is 5.38. The standard InChI is InChI=1S/C11H14ClN3O/c12-9-7-13-4-3-10(9)14-5-6-15-11(16)8-1-2-8/h3-4,7-8H,1-2,5-6H2,(H,13,14)(H,15,16). The number of hydrogen-bond donors (Lipinski definition) is 2. The molecule has 2 N–H and O–H groups in total. The lowest BCUT2D eigenvalue weighted by Crippen LogP contribution is -2.29. The second-order valence-corrected chi connectivity index (χ2v) is 4.25. The molecule has 0 aromatic carbocycles. The van der Waals surface area contributed by atoms with E-state index in [2.05, 4.69) is 15.6 Å². The van der Waals surface area contributed by atoms with Gasteiger partial charge in [-0.25, -0.2) is 0 Å². The molecule has 2 rings (SSSR count). The molecule has 0 aliphatic heterocycles. The van der Waals surface area contributed by atoms with Crippen LogP contribution in [0.3, 0.4) is 0 Å². The fourth-order valence-electron chi connectivity index (χ4n) is 1.39. The van der Waals surface area contributed by atoms with E-state index in [1.165, 1.54) is 0 Å². The number of halogens is 1. The number of nitrogens with one attached hydrogen (secondary N) is 2. The van der Waals surface area contributed by atoms with Crippen molar-refractivity contribution in [1.82, 2.24) is 10.3 Å². The smallest absolute Gasteiger partial charge is 0.223 e. The third-order valence-electron chi connectivity index (χ3n) is 2.46. The normalized spacial score (nSPS) is 14.6. The van der Waals surface area contributed by atoms with Crippen LogP contribution in [-0.4, -0.2) is 24.0 Å². The topological polar surface area (TPSA) is 54.0 Å². The Hall–Kier alpha value is -1.29. The molecule has 1 aliphatic rings. The van der Waals surface area contributed by atoms with Gasteiger partial charge in [-0.3, -0.25) is 9.78 Å². The number of aromatic nitrogens is 1. The highest BCUT2D eigenvalue weighted by Gasteiger charge is 2.28. The second kappa shape index (κ2) is 5.16. The van der Waals surface area contributed by atoms with Crippen molar-refractivity contribution < 1.29 is 4.79 Å². The minimum absolute atomic E-state index is 0.169. The minimum atomic E-state index is 0.169. The summed E-state index contributed by atoms with van der Waals surface area (Å²) >= 11 is 5.91. The highest BCUT2D eigenvalue weighted by molar-refractivity contribution is 6.33. The summed E-state index contributed by atoms with van der Waals surface area (Å²) in [6, 6.07) is 1.81. The molecule has 0 radical (unpaired) electrons. The number of carbonyl (C=O) groups is 1. The summed E-state index contributed by atoms with van der Waals surface area (Å²) < 4.78 is 0. The van der Waals surface area contributed by atoms with Gasteiger partial charge >= 0.3 is 0 Å². The molecule has 5 heteroatoms. The van der Waals surface area contributed by atoms with Crippen LogP contribution in [0, 0.1) is 5.92 Å². The molecule has 86 valence electrons. The molecule has 0 bridgehead atoms. The summed E-state index contributed by atoms with van der Waals surface area (Å²) in [5.74, 6) is 0.437. The molecule has 0 saturated heterocycles. The lowest BCUT2D eigenvalue weighted by Gasteiger charge is -2.08. The zero-order valence-corrected chi connectivity index (χ0v) is 9.63. The van der Waals surface area contributed by atoms with Gasteiger partial charge in [0.2, 0.25) is 5.91 Å². The van der Waals surface area contributed by atoms with Gasteiger partial charge in [0.1, 0.15) is 0 Å². The van der Waals surface area contributed by atoms with Crippen LogP contribution in [0.25, 0.3) is 0 Å². The van der Waals surface area contributed by atoms with Gasteiger partial charge in [0.05, 0.1) is 10.7 Å². The van der Waals surface area contributed by atoms with E-state index in [0.717, 1.165) is 18.5 Å². The molecular formula is C11H14ClN3O. The van der Waals surface area contributed by atoms with Gasteiger partial charge in [0.25, 0.3) is 0 Å². The lowest BCUT2D eigenvalue weighted by molar-refractivity contribution is -0.122. The van der Waals surface area contributed by atoms with Gasteiger partial charge in [0, 0.05) is 31.4 Å². The van der Waals surface area contributed by atoms with E-state index in [4.69, 9.17) is 11.6 Å². The van der Waals surface area contributed by atoms with Gasteiger partial charge in [-0.05, 0) is 18.9 Å². The number of rotatable bonds is 5. The Morgan fingerprint density at radius 3 is 3.00 bits per heavy atom. The van der Waals surface area contributed by atoms with Crippen LogP contribution in [0.2, 0.25) is 5.02 Å². The number of carbonyl (C=O) groups excluding carboxylic acids is 1. The van der Waals surface area contributed by atoms with Crippen LogP contribution in [0.1, 0.15) is 12.8 Å². The maximum Gasteiger partial charge on any atom is 0.223 e. The van der Waals surface area contributed by atoms with Crippen molar-refractivity contribution >= 4 is 23.2 Å². The predicted molar refractivity (Wildman–Crippen MR) is 63.5 cm³/mol. The van der Waals surface area contributed by atoms with Gasteiger partial charge in [-0.1, -0.05) is 11.6 Å². The van der Waals surface area contributed by atoms with Crippen molar-refractivity contribution in [3.05, 3.63) is 23.5 Å². The van der Waals surface area contributed by atoms with Crippen molar-refractivity contribution in [2.75, 3.05) is 18.4 Å². The zero-order chi connectivity index (χ0) is 11.4. The molecule has 1 heterocycles. The molecule has 1 aromatic heterocycles. The average molecular weight is 240 g/mol. The molecule has 1 amide bonds. The number of pyridine rings is 1. The van der Waals surface area contributed by atoms with Crippen LogP contribution in [-0.2, 0) is 4.79 Å². The number of amides is 1. The number of hydrogen-bond acceptors (Lipinski definition) is 3. The van der Waals surface area contributed by atoms with Crippen molar-refractivity contribution in [2.45, 2.75) is 12.8 Å². The molecule has 1 aromatic rings. The van der Waals surface area contributed by atoms with Crippen LogP contribution in [0.5, 0.6) is 0 Å². The van der Waals surface area contributed by atoms with Gasteiger partial charge < -0.3 is 10.6 Å². The van der Waals surface area contributed by atoms with E-state index in [-0.39, 0.29) is 11.8 Å². The van der Waals surface area contributed by atoms with E-state index in [0.29, 0.717) is 18.1 Å². The summed E-state index contributed by atoms with van der Waals surface area (Å²) in [4.78, 5) is 15.2. The molecule has 0 spiro atoms. The monoisotopic (exact) mass is 239 g/mol. The highest BCUT2D eigenvalue weighted by Crippen LogP contribution is 2.28. The molecule has 0 unspecified atom stereocenters. The fourth-order valence-corrected chi connectivity index (χ4v) is 1.58. The van der Waals surface area contributed by atoms with Crippen LogP contribution in [0.15, 0.2) is 18.5 Å². The molecule has 1 aliphatic carbocycles. The first-order chi connectivity index (χ1) is 7.77. The lowest BCUT2D eigenvalue weighted by atomic mass is 10.4. The Labute approximate surface area is 99.4 Å². The highest BCUT2D eigenvalue weighted by atomic mass is 35.5. The Kier molecular flexibility index (Phi) is 3.62. The van der Waals surface area contributed by atoms with E-state index in [9.17, 15) is 4.79 Å². The van der Waals surface area contributed by atoms with Crippen molar-refractivity contribution in [2.24, 2.45) is 5.92 Å². The van der Waals surface area contributed by atoms with E-state index in [1.54, 1.807) is 12.4 Å². The molecule has 0 atom stereocenters. The Bertz CT molecular complexity index is 379. The van der Waals surface area contributed by atoms with E-state index < -0.39 is 0 Å². The molecule has 16 heavy (non-hydrogen) atoms. The minimum Gasteiger partial charge on any atom is -0.382 e. The Balaban J connectivity index is 1.67. The zero-order valence-electron chi connectivity index (χ0n) is 8.87. The predicted octanol–water partition coefficient (Wildman–Crippen LogP) is 1.67. The summed E-state index contributed by atoms with van der Waals surface area (Å²) in [5.41, 5.74) is 0.845. The number of nitrogens with zero attached hydrogens (tertiary/aromatic N) is 1. The van der Waals surface area contributed by atoms with Crippen LogP contribution >= 0.6 is 11.6 Å². The summed E-state index contributed by atoms with van der Waals surface area (Å²) in [7, 11) is 0. The van der Waals surface area contributed by atoms with Crippen molar-refractivity contribution in [3.8, 4) is 0 Å². The molecule has 1 fully saturated rings. The Morgan fingerprint density at radius 1 is 1.50 bits per heavy atom. The largest absolute Gasteiger partial charge is 0.382 e. The van der Waals surface area contributed by atoms with Crippen LogP contribution in [0.4, 0.5) is 5.69 Å². The molecular weight excluding hydrogens is 226 g/mol. The Morgan fingerprint density at radius 2 is 2.31 bits per heavy atom. The van der Waals surface area contributed by atoms with E-state index >= 15 is 0 Å². The SMILES string of the molecule is O=C(NCCNc1ccncc1Cl)C1CC1. The molecule has 4 nitrogen and oxygen atoms in total. The quantitative estimate of drug-likeness (QED) is 0.769. The van der Waals surface area contributed by atoms with Crippen LogP contribution < -0.4 is 10.6 Å². The maximum absolute atomic E-state index is 11.3. The van der Waals surface area contributed by atoms with E-state index in [1.807, 2.05) is 6.07 Å². The molecule has 1 saturated carbocycles. The van der Waals surface area contributed by atoms with Gasteiger partial charge in [-0.15, -0.1) is 0 Å². The summed E-state index contributed by atoms with van der Waals surface area (Å²) in [6.07, 6.45) is 5.34. The summed E-state index contributed by atoms with van der Waals surface area (Å²) in [5, 5.41) is 6.61. The third-order valence-corrected chi connectivity index (χ3v) is 2.76. The first-order valence-corrected chi connectivity index (χ1v) is 5.76.